The highest BCUT2D eigenvalue weighted by atomic mass is 35.5. The predicted octanol–water partition coefficient (Wildman–Crippen LogP) is 6.12. The molecule has 0 aliphatic rings. The van der Waals surface area contributed by atoms with Crippen LogP contribution in [0.15, 0.2) is 66.9 Å². The van der Waals surface area contributed by atoms with E-state index in [-0.39, 0.29) is 23.9 Å². The van der Waals surface area contributed by atoms with Gasteiger partial charge in [-0.2, -0.15) is 0 Å². The molecule has 0 aliphatic carbocycles. The van der Waals surface area contributed by atoms with E-state index in [4.69, 9.17) is 4.74 Å². The molecule has 204 valence electrons. The molecule has 0 atom stereocenters. The molecule has 38 heavy (non-hydrogen) atoms. The Morgan fingerprint density at radius 2 is 1.76 bits per heavy atom. The number of ether oxygens (including phenoxy) is 2. The van der Waals surface area contributed by atoms with E-state index in [1.807, 2.05) is 6.07 Å². The third-order valence-electron chi connectivity index (χ3n) is 5.71. The molecule has 0 unspecified atom stereocenters. The van der Waals surface area contributed by atoms with Crippen molar-refractivity contribution in [2.45, 2.75) is 25.6 Å². The van der Waals surface area contributed by atoms with E-state index < -0.39 is 16.4 Å². The fourth-order valence-corrected chi connectivity index (χ4v) is 5.56. The molecule has 12 heteroatoms. The molecule has 2 N–H and O–H groups in total. The number of nitrogens with one attached hydrogen (secondary N) is 2. The predicted molar refractivity (Wildman–Crippen MR) is 144 cm³/mol. The highest BCUT2D eigenvalue weighted by Gasteiger charge is 2.31. The van der Waals surface area contributed by atoms with Crippen molar-refractivity contribution in [1.29, 1.82) is 0 Å². The molecule has 0 fully saturated rings. The number of anilines is 2. The van der Waals surface area contributed by atoms with Crippen LogP contribution in [0.5, 0.6) is 11.5 Å². The number of nitrogens with zero attached hydrogens (tertiary/aromatic N) is 1. The fourth-order valence-electron chi connectivity index (χ4n) is 4.08. The van der Waals surface area contributed by atoms with E-state index in [1.165, 1.54) is 29.3 Å². The number of fused-ring (bicyclic) bond motifs is 1. The van der Waals surface area contributed by atoms with Gasteiger partial charge in [-0.25, -0.2) is 12.4 Å². The van der Waals surface area contributed by atoms with Crippen LogP contribution in [-0.4, -0.2) is 32.9 Å². The highest BCUT2D eigenvalue weighted by Crippen LogP contribution is 2.32. The van der Waals surface area contributed by atoms with Crippen LogP contribution in [0, 0.1) is 6.92 Å². The van der Waals surface area contributed by atoms with Crippen molar-refractivity contribution in [2.75, 3.05) is 19.5 Å². The lowest BCUT2D eigenvalue weighted by molar-refractivity contribution is -0.274. The molecule has 0 bridgehead atoms. The maximum absolute atomic E-state index is 13.5. The van der Waals surface area contributed by atoms with Crippen molar-refractivity contribution in [2.24, 2.45) is 0 Å². The Morgan fingerprint density at radius 1 is 1.00 bits per heavy atom. The van der Waals surface area contributed by atoms with Crippen LogP contribution in [0.4, 0.5) is 24.5 Å². The summed E-state index contributed by atoms with van der Waals surface area (Å²) in [5.41, 5.74) is 3.53. The Hall–Kier alpha value is -3.41. The Labute approximate surface area is 225 Å². The zero-order valence-corrected chi connectivity index (χ0v) is 22.4. The average Bonchev–Trinajstić information content (AvgIpc) is 3.19. The van der Waals surface area contributed by atoms with Gasteiger partial charge in [0.05, 0.1) is 18.4 Å². The smallest absolute Gasteiger partial charge is 0.497 e. The summed E-state index contributed by atoms with van der Waals surface area (Å²) >= 11 is 0. The summed E-state index contributed by atoms with van der Waals surface area (Å²) in [4.78, 5) is 0. The number of aryl methyl sites for hydroxylation is 1. The van der Waals surface area contributed by atoms with E-state index in [0.29, 0.717) is 40.3 Å². The van der Waals surface area contributed by atoms with Gasteiger partial charge in [0.1, 0.15) is 11.5 Å². The Balaban J connectivity index is 0.00000400. The van der Waals surface area contributed by atoms with Crippen LogP contribution in [0.2, 0.25) is 0 Å². The normalized spacial score (nSPS) is 11.7. The average molecular weight is 570 g/mol. The summed E-state index contributed by atoms with van der Waals surface area (Å²) in [6.07, 6.45) is -3.17. The number of methoxy groups -OCH3 is 1. The first kappa shape index (κ1) is 29.2. The van der Waals surface area contributed by atoms with Crippen molar-refractivity contribution in [1.82, 2.24) is 9.29 Å². The molecule has 0 saturated heterocycles. The van der Waals surface area contributed by atoms with E-state index in [1.54, 1.807) is 56.6 Å². The number of hydrogen-bond donors (Lipinski definition) is 2. The molecule has 0 aliphatic heterocycles. The second kappa shape index (κ2) is 11.5. The molecule has 0 saturated carbocycles. The van der Waals surface area contributed by atoms with Crippen molar-refractivity contribution >= 4 is 44.7 Å². The van der Waals surface area contributed by atoms with Crippen molar-refractivity contribution in [3.05, 3.63) is 83.6 Å². The fraction of sp³-hybridized carbons (Fsp3) is 0.231. The standard InChI is InChI=1S/C26H26F3N3O4S.ClH/c1-17-11-22(36-26(27,28)29)8-10-24(17)31-20-7-9-23-19(14-30-2)15-32(25(23)13-20)37(33,34)16-18-5-4-6-21(12-18)35-3;/h4-13,15,30-31H,14,16H2,1-3H3;1H. The molecular weight excluding hydrogens is 543 g/mol. The van der Waals surface area contributed by atoms with Gasteiger partial charge < -0.3 is 20.1 Å². The largest absolute Gasteiger partial charge is 0.573 e. The van der Waals surface area contributed by atoms with Gasteiger partial charge in [0.25, 0.3) is 0 Å². The summed E-state index contributed by atoms with van der Waals surface area (Å²) in [5, 5.41) is 6.98. The number of alkyl halides is 3. The van der Waals surface area contributed by atoms with Gasteiger partial charge in [0.2, 0.25) is 10.0 Å². The van der Waals surface area contributed by atoms with Crippen LogP contribution in [0.1, 0.15) is 16.7 Å². The minimum atomic E-state index is -4.78. The zero-order chi connectivity index (χ0) is 26.8. The SMILES string of the molecule is CNCc1cn(S(=O)(=O)Cc2cccc(OC)c2)c2cc(Nc3ccc(OC(F)(F)F)cc3C)ccc12.Cl. The van der Waals surface area contributed by atoms with Crippen molar-refractivity contribution < 1.29 is 31.1 Å². The van der Waals surface area contributed by atoms with Gasteiger partial charge in [-0.05, 0) is 73.1 Å². The van der Waals surface area contributed by atoms with Gasteiger partial charge in [0, 0.05) is 29.5 Å². The number of benzene rings is 3. The maximum Gasteiger partial charge on any atom is 0.573 e. The third-order valence-corrected chi connectivity index (χ3v) is 7.31. The van der Waals surface area contributed by atoms with E-state index in [9.17, 15) is 21.6 Å². The van der Waals surface area contributed by atoms with Gasteiger partial charge in [-0.15, -0.1) is 25.6 Å². The zero-order valence-electron chi connectivity index (χ0n) is 20.8. The third kappa shape index (κ3) is 6.72. The number of hydrogen-bond acceptors (Lipinski definition) is 6. The first-order chi connectivity index (χ1) is 17.5. The van der Waals surface area contributed by atoms with Gasteiger partial charge >= 0.3 is 6.36 Å². The molecule has 1 heterocycles. The van der Waals surface area contributed by atoms with E-state index in [0.717, 1.165) is 10.9 Å². The first-order valence-corrected chi connectivity index (χ1v) is 12.9. The molecule has 3 aromatic carbocycles. The lowest BCUT2D eigenvalue weighted by Gasteiger charge is -2.14. The monoisotopic (exact) mass is 569 g/mol. The molecule has 4 aromatic rings. The summed E-state index contributed by atoms with van der Waals surface area (Å²) in [6, 6.07) is 16.2. The maximum atomic E-state index is 13.5. The quantitative estimate of drug-likeness (QED) is 0.253. The number of aromatic nitrogens is 1. The minimum absolute atomic E-state index is 0. The van der Waals surface area contributed by atoms with Gasteiger partial charge in [0.15, 0.2) is 0 Å². The molecule has 7 nitrogen and oxygen atoms in total. The summed E-state index contributed by atoms with van der Waals surface area (Å²) in [6.45, 7) is 2.11. The number of rotatable bonds is 9. The van der Waals surface area contributed by atoms with Crippen molar-refractivity contribution in [3.8, 4) is 11.5 Å². The van der Waals surface area contributed by atoms with Crippen LogP contribution >= 0.6 is 12.4 Å². The molecule has 0 amide bonds. The van der Waals surface area contributed by atoms with Crippen LogP contribution in [0.25, 0.3) is 10.9 Å². The molecule has 0 radical (unpaired) electrons. The van der Waals surface area contributed by atoms with E-state index in [2.05, 4.69) is 15.4 Å². The molecule has 1 aromatic heterocycles. The van der Waals surface area contributed by atoms with Crippen molar-refractivity contribution in [3.63, 3.8) is 0 Å². The van der Waals surface area contributed by atoms with Crippen LogP contribution < -0.4 is 20.1 Å². The Morgan fingerprint density at radius 3 is 2.42 bits per heavy atom. The lowest BCUT2D eigenvalue weighted by atomic mass is 10.1. The Kier molecular flexibility index (Phi) is 8.86. The second-order valence-corrected chi connectivity index (χ2v) is 10.3. The topological polar surface area (TPSA) is 81.6 Å². The summed E-state index contributed by atoms with van der Waals surface area (Å²) < 4.78 is 75.0. The van der Waals surface area contributed by atoms with Gasteiger partial charge in [-0.1, -0.05) is 18.2 Å². The first-order valence-electron chi connectivity index (χ1n) is 11.3. The van der Waals surface area contributed by atoms with E-state index >= 15 is 0 Å². The van der Waals surface area contributed by atoms with Gasteiger partial charge in [-0.3, -0.25) is 0 Å². The van der Waals surface area contributed by atoms with Crippen LogP contribution in [-0.2, 0) is 22.3 Å². The van der Waals surface area contributed by atoms with Crippen LogP contribution in [0.3, 0.4) is 0 Å². The summed E-state index contributed by atoms with van der Waals surface area (Å²) in [5.74, 6) is 0.0133. The number of halogens is 4. The minimum Gasteiger partial charge on any atom is -0.497 e. The lowest BCUT2D eigenvalue weighted by Crippen LogP contribution is -2.17. The molecule has 0 spiro atoms. The highest BCUT2D eigenvalue weighted by molar-refractivity contribution is 7.89. The second-order valence-electron chi connectivity index (χ2n) is 8.47. The molecule has 4 rings (SSSR count). The Bertz CT molecular complexity index is 1540. The summed E-state index contributed by atoms with van der Waals surface area (Å²) in [7, 11) is -0.506. The molecular formula is C26H27ClF3N3O4S.